The maximum atomic E-state index is 12.4. The van der Waals surface area contributed by atoms with Crippen molar-refractivity contribution in [2.75, 3.05) is 0 Å². The molecule has 0 aliphatic heterocycles. The first-order valence-corrected chi connectivity index (χ1v) is 6.17. The molecule has 5 nitrogen and oxygen atoms in total. The molecule has 8 heteroatoms. The number of halogens is 3. The van der Waals surface area contributed by atoms with E-state index in [0.717, 1.165) is 5.56 Å². The van der Waals surface area contributed by atoms with E-state index >= 15 is 0 Å². The zero-order chi connectivity index (χ0) is 15.5. The summed E-state index contributed by atoms with van der Waals surface area (Å²) in [4.78, 5) is 14.4. The minimum Gasteiger partial charge on any atom is -0.352 e. The van der Waals surface area contributed by atoms with Crippen LogP contribution in [-0.2, 0) is 17.5 Å². The van der Waals surface area contributed by atoms with Crippen LogP contribution in [0, 0.1) is 0 Å². The summed E-state index contributed by atoms with van der Waals surface area (Å²) in [5, 5.41) is 5.99. The van der Waals surface area contributed by atoms with E-state index in [4.69, 9.17) is 0 Å². The third kappa shape index (κ3) is 3.80. The van der Waals surface area contributed by atoms with Crippen LogP contribution in [0.4, 0.5) is 13.2 Å². The highest BCUT2D eigenvalue weighted by Gasteiger charge is 2.38. The molecule has 0 aliphatic carbocycles. The molecule has 0 bridgehead atoms. The normalized spacial score (nSPS) is 11.4. The number of alkyl halides is 3. The molecule has 0 atom stereocenters. The molecule has 2 aromatic rings. The van der Waals surface area contributed by atoms with Crippen molar-refractivity contribution < 1.29 is 22.5 Å². The highest BCUT2D eigenvalue weighted by molar-refractivity contribution is 5.75. The smallest absolute Gasteiger partial charge is 0.352 e. The molecular formula is C13H12F3N3O2. The Labute approximate surface area is 118 Å². The standard InChI is InChI=1S/C13H12F3N3O2/c1-2-10(20)17-7-8-3-5-9(6-4-8)11-18-12(21-19-11)13(14,15)16/h3-6H,2,7H2,1H3,(H,17,20). The molecule has 0 radical (unpaired) electrons. The molecule has 1 amide bonds. The fourth-order valence-electron chi connectivity index (χ4n) is 1.55. The van der Waals surface area contributed by atoms with Gasteiger partial charge in [-0.05, 0) is 5.56 Å². The SMILES string of the molecule is CCC(=O)NCc1ccc(-c2noc(C(F)(F)F)n2)cc1. The first-order valence-electron chi connectivity index (χ1n) is 6.17. The molecule has 0 saturated carbocycles. The maximum Gasteiger partial charge on any atom is 0.471 e. The van der Waals surface area contributed by atoms with Crippen LogP contribution in [0.3, 0.4) is 0 Å². The van der Waals surface area contributed by atoms with Crippen molar-refractivity contribution in [2.45, 2.75) is 26.1 Å². The van der Waals surface area contributed by atoms with Gasteiger partial charge in [0.1, 0.15) is 0 Å². The largest absolute Gasteiger partial charge is 0.471 e. The van der Waals surface area contributed by atoms with Gasteiger partial charge in [-0.1, -0.05) is 36.3 Å². The van der Waals surface area contributed by atoms with Crippen molar-refractivity contribution in [3.05, 3.63) is 35.7 Å². The quantitative estimate of drug-likeness (QED) is 0.942. The summed E-state index contributed by atoms with van der Waals surface area (Å²) in [6, 6.07) is 6.49. The number of benzene rings is 1. The highest BCUT2D eigenvalue weighted by Crippen LogP contribution is 2.29. The molecule has 1 N–H and O–H groups in total. The Hall–Kier alpha value is -2.38. The van der Waals surface area contributed by atoms with Crippen molar-refractivity contribution >= 4 is 5.91 Å². The van der Waals surface area contributed by atoms with E-state index in [1.165, 1.54) is 0 Å². The highest BCUT2D eigenvalue weighted by atomic mass is 19.4. The van der Waals surface area contributed by atoms with Crippen molar-refractivity contribution in [2.24, 2.45) is 0 Å². The third-order valence-electron chi connectivity index (χ3n) is 2.69. The van der Waals surface area contributed by atoms with Crippen LogP contribution in [0.1, 0.15) is 24.8 Å². The van der Waals surface area contributed by atoms with Crippen LogP contribution in [0.5, 0.6) is 0 Å². The number of hydrogen-bond acceptors (Lipinski definition) is 4. The maximum absolute atomic E-state index is 12.4. The Morgan fingerprint density at radius 1 is 1.29 bits per heavy atom. The molecule has 21 heavy (non-hydrogen) atoms. The molecule has 0 spiro atoms. The first kappa shape index (κ1) is 15.0. The van der Waals surface area contributed by atoms with Gasteiger partial charge in [0, 0.05) is 18.5 Å². The fourth-order valence-corrected chi connectivity index (χ4v) is 1.55. The molecule has 1 aromatic carbocycles. The zero-order valence-corrected chi connectivity index (χ0v) is 11.1. The Morgan fingerprint density at radius 2 is 1.95 bits per heavy atom. The summed E-state index contributed by atoms with van der Waals surface area (Å²) in [7, 11) is 0. The molecule has 0 saturated heterocycles. The monoisotopic (exact) mass is 299 g/mol. The number of carbonyl (C=O) groups excluding carboxylic acids is 1. The van der Waals surface area contributed by atoms with E-state index in [1.807, 2.05) is 0 Å². The average molecular weight is 299 g/mol. The lowest BCUT2D eigenvalue weighted by Gasteiger charge is -2.04. The van der Waals surface area contributed by atoms with Crippen LogP contribution in [0.25, 0.3) is 11.4 Å². The Morgan fingerprint density at radius 3 is 2.48 bits per heavy atom. The van der Waals surface area contributed by atoms with E-state index < -0.39 is 12.1 Å². The number of nitrogens with one attached hydrogen (secondary N) is 1. The van der Waals surface area contributed by atoms with Gasteiger partial charge in [0.05, 0.1) is 0 Å². The van der Waals surface area contributed by atoms with E-state index in [-0.39, 0.29) is 11.7 Å². The number of carbonyl (C=O) groups is 1. The summed E-state index contributed by atoms with van der Waals surface area (Å²) in [5.74, 6) is -1.59. The van der Waals surface area contributed by atoms with Crippen LogP contribution < -0.4 is 5.32 Å². The van der Waals surface area contributed by atoms with Gasteiger partial charge in [0.25, 0.3) is 0 Å². The number of hydrogen-bond donors (Lipinski definition) is 1. The van der Waals surface area contributed by atoms with Gasteiger partial charge < -0.3 is 9.84 Å². The topological polar surface area (TPSA) is 68.0 Å². The molecular weight excluding hydrogens is 287 g/mol. The third-order valence-corrected chi connectivity index (χ3v) is 2.69. The predicted molar refractivity (Wildman–Crippen MR) is 66.9 cm³/mol. The van der Waals surface area contributed by atoms with Crippen molar-refractivity contribution in [1.29, 1.82) is 0 Å². The van der Waals surface area contributed by atoms with Crippen molar-refractivity contribution in [3.8, 4) is 11.4 Å². The lowest BCUT2D eigenvalue weighted by molar-refractivity contribution is -0.159. The van der Waals surface area contributed by atoms with Crippen LogP contribution in [-0.4, -0.2) is 16.0 Å². The Kier molecular flexibility index (Phi) is 4.25. The van der Waals surface area contributed by atoms with E-state index in [2.05, 4.69) is 20.0 Å². The summed E-state index contributed by atoms with van der Waals surface area (Å²) in [6.45, 7) is 2.10. The summed E-state index contributed by atoms with van der Waals surface area (Å²) in [5.41, 5.74) is 1.22. The lowest BCUT2D eigenvalue weighted by atomic mass is 10.1. The molecule has 2 rings (SSSR count). The summed E-state index contributed by atoms with van der Waals surface area (Å²) in [6.07, 6.45) is -4.27. The van der Waals surface area contributed by atoms with E-state index in [0.29, 0.717) is 18.5 Å². The van der Waals surface area contributed by atoms with Crippen LogP contribution >= 0.6 is 0 Å². The molecule has 0 fully saturated rings. The van der Waals surface area contributed by atoms with E-state index in [9.17, 15) is 18.0 Å². The molecule has 1 heterocycles. The van der Waals surface area contributed by atoms with Gasteiger partial charge in [0.2, 0.25) is 11.7 Å². The second kappa shape index (κ2) is 5.94. The second-order valence-corrected chi connectivity index (χ2v) is 4.25. The van der Waals surface area contributed by atoms with Gasteiger partial charge in [-0.2, -0.15) is 18.2 Å². The van der Waals surface area contributed by atoms with Crippen molar-refractivity contribution in [1.82, 2.24) is 15.5 Å². The van der Waals surface area contributed by atoms with Gasteiger partial charge in [-0.25, -0.2) is 0 Å². The van der Waals surface area contributed by atoms with E-state index in [1.54, 1.807) is 31.2 Å². The minimum atomic E-state index is -4.66. The summed E-state index contributed by atoms with van der Waals surface area (Å²) >= 11 is 0. The average Bonchev–Trinajstić information content (AvgIpc) is 2.95. The van der Waals surface area contributed by atoms with Gasteiger partial charge in [0.15, 0.2) is 0 Å². The summed E-state index contributed by atoms with van der Waals surface area (Å²) < 4.78 is 41.2. The molecule has 1 aromatic heterocycles. The van der Waals surface area contributed by atoms with Crippen molar-refractivity contribution in [3.63, 3.8) is 0 Å². The molecule has 0 aliphatic rings. The predicted octanol–water partition coefficient (Wildman–Crippen LogP) is 2.78. The number of aromatic nitrogens is 2. The number of rotatable bonds is 4. The number of nitrogens with zero attached hydrogens (tertiary/aromatic N) is 2. The number of amides is 1. The zero-order valence-electron chi connectivity index (χ0n) is 11.1. The van der Waals surface area contributed by atoms with Gasteiger partial charge >= 0.3 is 12.1 Å². The Balaban J connectivity index is 2.08. The van der Waals surface area contributed by atoms with Gasteiger partial charge in [-0.15, -0.1) is 0 Å². The van der Waals surface area contributed by atoms with Gasteiger partial charge in [-0.3, -0.25) is 4.79 Å². The van der Waals surface area contributed by atoms with Crippen LogP contribution in [0.2, 0.25) is 0 Å². The first-order chi connectivity index (χ1) is 9.90. The molecule has 112 valence electrons. The molecule has 0 unspecified atom stereocenters. The lowest BCUT2D eigenvalue weighted by Crippen LogP contribution is -2.21. The van der Waals surface area contributed by atoms with Crippen LogP contribution in [0.15, 0.2) is 28.8 Å². The Bertz CT molecular complexity index is 620. The fraction of sp³-hybridized carbons (Fsp3) is 0.308. The minimum absolute atomic E-state index is 0.0768. The second-order valence-electron chi connectivity index (χ2n) is 4.25.